The standard InChI is InChI=1S/C19H16F3N3O4/c1-10(26)24-14-7-6-11(8-23-14)16-15(18(28)29)12-4-2-3-5-13(12)17(27)25(16)9-19(20,21)22/h2-8,15-16H,9H2,1H3,(H,28,29)(H,23,24,26)/t15-,16?/m1/s1. The molecular formula is C19H16F3N3O4. The molecule has 2 atom stereocenters. The van der Waals surface area contributed by atoms with Crippen molar-refractivity contribution in [1.29, 1.82) is 0 Å². The van der Waals surface area contributed by atoms with E-state index in [2.05, 4.69) is 10.3 Å². The van der Waals surface area contributed by atoms with Gasteiger partial charge in [0.15, 0.2) is 0 Å². The lowest BCUT2D eigenvalue weighted by atomic mass is 9.80. The predicted molar refractivity (Wildman–Crippen MR) is 95.2 cm³/mol. The number of hydrogen-bond acceptors (Lipinski definition) is 4. The normalized spacial score (nSPS) is 18.9. The van der Waals surface area contributed by atoms with Crippen molar-refractivity contribution in [2.45, 2.75) is 25.1 Å². The van der Waals surface area contributed by atoms with Gasteiger partial charge in [-0.2, -0.15) is 13.2 Å². The summed E-state index contributed by atoms with van der Waals surface area (Å²) in [6, 6.07) is 6.99. The average Bonchev–Trinajstić information content (AvgIpc) is 2.63. The van der Waals surface area contributed by atoms with E-state index in [0.717, 1.165) is 6.20 Å². The van der Waals surface area contributed by atoms with Crippen molar-refractivity contribution >= 4 is 23.6 Å². The fraction of sp³-hybridized carbons (Fsp3) is 0.263. The van der Waals surface area contributed by atoms with E-state index in [1.165, 1.54) is 43.3 Å². The molecule has 1 aromatic heterocycles. The maximum absolute atomic E-state index is 13.2. The summed E-state index contributed by atoms with van der Waals surface area (Å²) in [5, 5.41) is 12.2. The number of carboxylic acids is 1. The number of fused-ring (bicyclic) bond motifs is 1. The Morgan fingerprint density at radius 1 is 1.21 bits per heavy atom. The Balaban J connectivity index is 2.14. The van der Waals surface area contributed by atoms with Crippen LogP contribution in [-0.2, 0) is 9.59 Å². The maximum atomic E-state index is 13.2. The first-order valence-electron chi connectivity index (χ1n) is 8.51. The lowest BCUT2D eigenvalue weighted by Gasteiger charge is -2.40. The molecule has 2 heterocycles. The first-order valence-corrected chi connectivity index (χ1v) is 8.51. The summed E-state index contributed by atoms with van der Waals surface area (Å²) >= 11 is 0. The van der Waals surface area contributed by atoms with Gasteiger partial charge in [-0.15, -0.1) is 0 Å². The van der Waals surface area contributed by atoms with Gasteiger partial charge in [0.1, 0.15) is 18.3 Å². The lowest BCUT2D eigenvalue weighted by molar-refractivity contribution is -0.153. The second-order valence-corrected chi connectivity index (χ2v) is 6.55. The molecule has 152 valence electrons. The van der Waals surface area contributed by atoms with Gasteiger partial charge < -0.3 is 15.3 Å². The number of aromatic nitrogens is 1. The number of carboxylic acid groups (broad SMARTS) is 1. The van der Waals surface area contributed by atoms with Crippen LogP contribution in [0.1, 0.15) is 40.4 Å². The molecule has 1 aliphatic rings. The highest BCUT2D eigenvalue weighted by atomic mass is 19.4. The van der Waals surface area contributed by atoms with E-state index in [-0.39, 0.29) is 22.5 Å². The Morgan fingerprint density at radius 3 is 2.45 bits per heavy atom. The smallest absolute Gasteiger partial charge is 0.406 e. The number of halogens is 3. The molecule has 2 amide bonds. The summed E-state index contributed by atoms with van der Waals surface area (Å²) < 4.78 is 39.6. The zero-order valence-electron chi connectivity index (χ0n) is 15.1. The van der Waals surface area contributed by atoms with Gasteiger partial charge in [-0.1, -0.05) is 24.3 Å². The van der Waals surface area contributed by atoms with E-state index < -0.39 is 42.5 Å². The highest BCUT2D eigenvalue weighted by Gasteiger charge is 2.47. The number of nitrogens with one attached hydrogen (secondary N) is 1. The third kappa shape index (κ3) is 4.20. The zero-order valence-corrected chi connectivity index (χ0v) is 15.1. The summed E-state index contributed by atoms with van der Waals surface area (Å²) in [6.45, 7) is -0.347. The van der Waals surface area contributed by atoms with Crippen molar-refractivity contribution in [1.82, 2.24) is 9.88 Å². The van der Waals surface area contributed by atoms with Gasteiger partial charge in [-0.05, 0) is 23.3 Å². The minimum absolute atomic E-state index is 0.0803. The summed E-state index contributed by atoms with van der Waals surface area (Å²) in [7, 11) is 0. The number of carbonyl (C=O) groups excluding carboxylic acids is 2. The molecule has 1 aromatic carbocycles. The van der Waals surface area contributed by atoms with Gasteiger partial charge in [0, 0.05) is 18.7 Å². The van der Waals surface area contributed by atoms with Gasteiger partial charge in [0.25, 0.3) is 5.91 Å². The minimum atomic E-state index is -4.73. The average molecular weight is 407 g/mol. The Morgan fingerprint density at radius 2 is 1.90 bits per heavy atom. The first-order chi connectivity index (χ1) is 13.6. The predicted octanol–water partition coefficient (Wildman–Crippen LogP) is 2.97. The molecule has 0 spiro atoms. The maximum Gasteiger partial charge on any atom is 0.406 e. The third-order valence-electron chi connectivity index (χ3n) is 4.49. The van der Waals surface area contributed by atoms with E-state index >= 15 is 0 Å². The number of aliphatic carboxylic acids is 1. The number of pyridine rings is 1. The Kier molecular flexibility index (Phi) is 5.27. The van der Waals surface area contributed by atoms with Crippen molar-refractivity contribution in [3.8, 4) is 0 Å². The van der Waals surface area contributed by atoms with Crippen molar-refractivity contribution in [2.75, 3.05) is 11.9 Å². The second-order valence-electron chi connectivity index (χ2n) is 6.55. The number of benzene rings is 1. The summed E-state index contributed by atoms with van der Waals surface area (Å²) in [6.07, 6.45) is -3.57. The van der Waals surface area contributed by atoms with Crippen LogP contribution in [0.3, 0.4) is 0 Å². The molecule has 0 bridgehead atoms. The quantitative estimate of drug-likeness (QED) is 0.812. The molecule has 0 aliphatic carbocycles. The van der Waals surface area contributed by atoms with E-state index in [0.29, 0.717) is 4.90 Å². The van der Waals surface area contributed by atoms with Crippen LogP contribution < -0.4 is 5.32 Å². The fourth-order valence-corrected chi connectivity index (χ4v) is 3.43. The van der Waals surface area contributed by atoms with Crippen LogP contribution in [0.4, 0.5) is 19.0 Å². The number of carbonyl (C=O) groups is 3. The summed E-state index contributed by atoms with van der Waals surface area (Å²) in [4.78, 5) is 40.4. The van der Waals surface area contributed by atoms with E-state index in [1.807, 2.05) is 0 Å². The number of hydrogen-bond donors (Lipinski definition) is 2. The van der Waals surface area contributed by atoms with Crippen molar-refractivity contribution < 1.29 is 32.7 Å². The van der Waals surface area contributed by atoms with Gasteiger partial charge in [-0.25, -0.2) is 4.98 Å². The minimum Gasteiger partial charge on any atom is -0.481 e. The van der Waals surface area contributed by atoms with Crippen LogP contribution in [0.5, 0.6) is 0 Å². The van der Waals surface area contributed by atoms with Crippen molar-refractivity contribution in [2.24, 2.45) is 0 Å². The number of nitrogens with zero attached hydrogens (tertiary/aromatic N) is 2. The van der Waals surface area contributed by atoms with Crippen molar-refractivity contribution in [3.63, 3.8) is 0 Å². The largest absolute Gasteiger partial charge is 0.481 e. The van der Waals surface area contributed by atoms with E-state index in [1.54, 1.807) is 0 Å². The molecule has 1 unspecified atom stereocenters. The van der Waals surface area contributed by atoms with Gasteiger partial charge >= 0.3 is 12.1 Å². The fourth-order valence-electron chi connectivity index (χ4n) is 3.43. The molecule has 0 saturated heterocycles. The molecule has 0 radical (unpaired) electrons. The summed E-state index contributed by atoms with van der Waals surface area (Å²) in [5.41, 5.74) is 0.168. The summed E-state index contributed by atoms with van der Waals surface area (Å²) in [5.74, 6) is -3.94. The number of alkyl halides is 3. The van der Waals surface area contributed by atoms with Crippen LogP contribution in [0.25, 0.3) is 0 Å². The molecule has 7 nitrogen and oxygen atoms in total. The van der Waals surface area contributed by atoms with Crippen molar-refractivity contribution in [3.05, 3.63) is 59.3 Å². The van der Waals surface area contributed by atoms with Gasteiger partial charge in [0.2, 0.25) is 5.91 Å². The number of rotatable bonds is 4. The number of anilines is 1. The monoisotopic (exact) mass is 407 g/mol. The molecule has 29 heavy (non-hydrogen) atoms. The van der Waals surface area contributed by atoms with Crippen LogP contribution in [0, 0.1) is 0 Å². The van der Waals surface area contributed by atoms with E-state index in [4.69, 9.17) is 0 Å². The molecule has 2 N–H and O–H groups in total. The highest BCUT2D eigenvalue weighted by molar-refractivity contribution is 6.00. The Bertz CT molecular complexity index is 960. The van der Waals surface area contributed by atoms with Gasteiger partial charge in [0.05, 0.1) is 6.04 Å². The highest BCUT2D eigenvalue weighted by Crippen LogP contribution is 2.43. The molecule has 1 aliphatic heterocycles. The topological polar surface area (TPSA) is 99.6 Å². The molecule has 0 saturated carbocycles. The SMILES string of the molecule is CC(=O)Nc1ccc(C2[C@H](C(=O)O)c3ccccc3C(=O)N2CC(F)(F)F)cn1. The van der Waals surface area contributed by atoms with Gasteiger partial charge in [-0.3, -0.25) is 14.4 Å². The molecule has 3 rings (SSSR count). The first kappa shape index (κ1) is 20.3. The van der Waals surface area contributed by atoms with E-state index in [9.17, 15) is 32.7 Å². The lowest BCUT2D eigenvalue weighted by Crippen LogP contribution is -2.48. The molecule has 10 heteroatoms. The Hall–Kier alpha value is -3.43. The number of amides is 2. The molecule has 0 fully saturated rings. The third-order valence-corrected chi connectivity index (χ3v) is 4.49. The zero-order chi connectivity index (χ0) is 21.3. The van der Waals surface area contributed by atoms with Crippen LogP contribution in [-0.4, -0.2) is 45.5 Å². The Labute approximate surface area is 163 Å². The molecular weight excluding hydrogens is 391 g/mol. The molecule has 2 aromatic rings. The van der Waals surface area contributed by atoms with Crippen LogP contribution >= 0.6 is 0 Å². The van der Waals surface area contributed by atoms with Crippen LogP contribution in [0.15, 0.2) is 42.6 Å². The second kappa shape index (κ2) is 7.53. The van der Waals surface area contributed by atoms with Crippen LogP contribution in [0.2, 0.25) is 0 Å².